The lowest BCUT2D eigenvalue weighted by molar-refractivity contribution is 0.279. The van der Waals surface area contributed by atoms with Crippen LogP contribution in [0.5, 0.6) is 0 Å². The van der Waals surface area contributed by atoms with Crippen LogP contribution in [0.4, 0.5) is 0 Å². The predicted octanol–water partition coefficient (Wildman–Crippen LogP) is 8.32. The number of rotatable bonds is 12. The van der Waals surface area contributed by atoms with Gasteiger partial charge in [0.15, 0.2) is 19.8 Å². The molecule has 0 saturated carbocycles. The summed E-state index contributed by atoms with van der Waals surface area (Å²) in [5, 5.41) is 18.7. The zero-order valence-corrected chi connectivity index (χ0v) is 25.9. The summed E-state index contributed by atoms with van der Waals surface area (Å²) in [6.07, 6.45) is 2.09. The molecule has 0 fully saturated rings. The van der Waals surface area contributed by atoms with Gasteiger partial charge < -0.3 is 9.53 Å². The molecule has 0 aliphatic carbocycles. The van der Waals surface area contributed by atoms with E-state index in [1.807, 2.05) is 42.1 Å². The van der Waals surface area contributed by atoms with Crippen LogP contribution in [0.15, 0.2) is 81.5 Å². The summed E-state index contributed by atoms with van der Waals surface area (Å²) in [5.41, 5.74) is 4.55. The van der Waals surface area contributed by atoms with Crippen LogP contribution in [0.3, 0.4) is 0 Å². The van der Waals surface area contributed by atoms with Crippen LogP contribution < -0.4 is 0 Å². The molecule has 5 nitrogen and oxygen atoms in total. The third kappa shape index (κ3) is 6.05. The van der Waals surface area contributed by atoms with Gasteiger partial charge in [-0.25, -0.2) is 0 Å². The summed E-state index contributed by atoms with van der Waals surface area (Å²) in [6, 6.07) is 20.4. The smallest absolute Gasteiger partial charge is 0.200 e. The number of fused-ring (bicyclic) bond motifs is 1. The Morgan fingerprint density at radius 1 is 0.842 bits per heavy atom. The van der Waals surface area contributed by atoms with Gasteiger partial charge in [0, 0.05) is 38.8 Å². The van der Waals surface area contributed by atoms with Crippen LogP contribution in [-0.4, -0.2) is 40.4 Å². The molecule has 0 radical (unpaired) electrons. The molecule has 0 saturated heterocycles. The molecule has 0 aliphatic rings. The molecule has 2 heterocycles. The van der Waals surface area contributed by atoms with Crippen molar-refractivity contribution in [1.82, 2.24) is 14.6 Å². The van der Waals surface area contributed by atoms with Crippen LogP contribution in [0.25, 0.3) is 17.0 Å². The van der Waals surface area contributed by atoms with Crippen molar-refractivity contribution in [3.63, 3.8) is 0 Å². The highest BCUT2D eigenvalue weighted by Gasteiger charge is 2.44. The lowest BCUT2D eigenvalue weighted by Gasteiger charge is -2.42. The minimum Gasteiger partial charge on any atom is -0.415 e. The number of hydrogen-bond donors (Lipinski definition) is 1. The maximum absolute atomic E-state index is 9.73. The molecule has 0 spiro atoms. The zero-order valence-electron chi connectivity index (χ0n) is 23.2. The van der Waals surface area contributed by atoms with Crippen molar-refractivity contribution in [3.05, 3.63) is 72.4 Å². The Balaban J connectivity index is 1.55. The largest absolute Gasteiger partial charge is 0.415 e. The second-order valence-electron chi connectivity index (χ2n) is 10.5. The predicted molar refractivity (Wildman–Crippen MR) is 163 cm³/mol. The Bertz CT molecular complexity index is 1330. The van der Waals surface area contributed by atoms with Crippen molar-refractivity contribution in [3.8, 4) is 11.4 Å². The number of aromatic nitrogens is 3. The van der Waals surface area contributed by atoms with Crippen LogP contribution in [0.2, 0.25) is 16.6 Å². The molecule has 0 bridgehead atoms. The first-order chi connectivity index (χ1) is 18.3. The van der Waals surface area contributed by atoms with E-state index in [1.54, 1.807) is 11.8 Å². The highest BCUT2D eigenvalue weighted by atomic mass is 32.2. The molecule has 4 rings (SSSR count). The van der Waals surface area contributed by atoms with E-state index in [1.165, 1.54) is 4.90 Å². The monoisotopic (exact) mass is 565 g/mol. The van der Waals surface area contributed by atoms with E-state index in [-0.39, 0.29) is 6.61 Å². The van der Waals surface area contributed by atoms with Gasteiger partial charge in [-0.3, -0.25) is 4.40 Å². The van der Waals surface area contributed by atoms with Gasteiger partial charge in [0.2, 0.25) is 0 Å². The van der Waals surface area contributed by atoms with Crippen molar-refractivity contribution in [1.29, 1.82) is 0 Å². The molecule has 2 aromatic heterocycles. The summed E-state index contributed by atoms with van der Waals surface area (Å²) in [6.45, 7) is 14.8. The average molecular weight is 566 g/mol. The van der Waals surface area contributed by atoms with E-state index in [4.69, 9.17) is 4.43 Å². The van der Waals surface area contributed by atoms with E-state index in [0.29, 0.717) is 16.6 Å². The molecule has 0 atom stereocenters. The van der Waals surface area contributed by atoms with Gasteiger partial charge in [-0.1, -0.05) is 89.7 Å². The number of thioether (sulfide) groups is 1. The number of nitrogens with zero attached hydrogens (tertiary/aromatic N) is 3. The summed E-state index contributed by atoms with van der Waals surface area (Å²) >= 11 is 3.46. The topological polar surface area (TPSA) is 59.7 Å². The van der Waals surface area contributed by atoms with Crippen molar-refractivity contribution < 1.29 is 9.53 Å². The number of hydrogen-bond acceptors (Lipinski definition) is 6. The summed E-state index contributed by atoms with van der Waals surface area (Å²) in [4.78, 5) is 3.29. The highest BCUT2D eigenvalue weighted by molar-refractivity contribution is 7.99. The van der Waals surface area contributed by atoms with Gasteiger partial charge in [-0.15, -0.1) is 22.0 Å². The standard InChI is InChI=1S/C30H39N3O2S2Si/c1-21(2)38(22(3)4,23(5)6)35-17-18-36-28-14-10-8-12-26(28)30-32-31-29-16-15-25(19-33(29)30)37-27-13-9-7-11-24(27)20-34/h7-16,19,21-23,34H,17-18,20H2,1-6H3. The van der Waals surface area contributed by atoms with E-state index < -0.39 is 8.32 Å². The number of aliphatic hydroxyl groups excluding tert-OH is 1. The Morgan fingerprint density at radius 2 is 1.50 bits per heavy atom. The first-order valence-corrected chi connectivity index (χ1v) is 17.3. The first kappa shape index (κ1) is 28.9. The molecular formula is C30H39N3O2S2Si. The Morgan fingerprint density at radius 3 is 2.18 bits per heavy atom. The third-order valence-corrected chi connectivity index (χ3v) is 15.5. The van der Waals surface area contributed by atoms with Crippen molar-refractivity contribution >= 4 is 37.5 Å². The van der Waals surface area contributed by atoms with Crippen molar-refractivity contribution in [2.75, 3.05) is 12.4 Å². The fourth-order valence-electron chi connectivity index (χ4n) is 5.62. The molecule has 0 unspecified atom stereocenters. The average Bonchev–Trinajstić information content (AvgIpc) is 3.31. The quantitative estimate of drug-likeness (QED) is 0.106. The van der Waals surface area contributed by atoms with Gasteiger partial charge in [0.25, 0.3) is 0 Å². The third-order valence-electron chi connectivity index (χ3n) is 7.27. The van der Waals surface area contributed by atoms with Crippen LogP contribution >= 0.6 is 23.5 Å². The minimum atomic E-state index is -1.87. The molecule has 4 aromatic rings. The zero-order chi connectivity index (χ0) is 27.3. The SMILES string of the molecule is CC(C)[Si](OCCSc1ccccc1-c1nnc2ccc(Sc3ccccc3CO)cn12)(C(C)C)C(C)C. The number of aliphatic hydroxyl groups is 1. The number of pyridine rings is 1. The van der Waals surface area contributed by atoms with Gasteiger partial charge in [0.1, 0.15) is 0 Å². The lowest BCUT2D eigenvalue weighted by atomic mass is 10.2. The van der Waals surface area contributed by atoms with Crippen LogP contribution in [0.1, 0.15) is 47.1 Å². The van der Waals surface area contributed by atoms with Gasteiger partial charge >= 0.3 is 0 Å². The highest BCUT2D eigenvalue weighted by Crippen LogP contribution is 2.42. The first-order valence-electron chi connectivity index (χ1n) is 13.4. The second-order valence-corrected chi connectivity index (χ2v) is 18.2. The van der Waals surface area contributed by atoms with E-state index in [2.05, 4.69) is 92.7 Å². The van der Waals surface area contributed by atoms with Gasteiger partial charge in [-0.2, -0.15) is 0 Å². The summed E-state index contributed by atoms with van der Waals surface area (Å²) < 4.78 is 8.86. The van der Waals surface area contributed by atoms with Crippen molar-refractivity contribution in [2.45, 2.75) is 79.5 Å². The molecule has 0 aliphatic heterocycles. The molecular weight excluding hydrogens is 527 g/mol. The molecule has 0 amide bonds. The van der Waals surface area contributed by atoms with Crippen LogP contribution in [-0.2, 0) is 11.0 Å². The summed E-state index contributed by atoms with van der Waals surface area (Å²) in [7, 11) is -1.87. The molecule has 1 N–H and O–H groups in total. The molecule has 202 valence electrons. The molecule has 38 heavy (non-hydrogen) atoms. The van der Waals surface area contributed by atoms with Crippen LogP contribution in [0, 0.1) is 0 Å². The normalized spacial score (nSPS) is 12.4. The fourth-order valence-corrected chi connectivity index (χ4v) is 13.1. The van der Waals surface area contributed by atoms with E-state index in [0.717, 1.165) is 44.7 Å². The Kier molecular flexibility index (Phi) is 9.76. The maximum atomic E-state index is 9.73. The Labute approximate surface area is 236 Å². The molecule has 8 heteroatoms. The van der Waals surface area contributed by atoms with E-state index in [9.17, 15) is 5.11 Å². The second kappa shape index (κ2) is 12.8. The maximum Gasteiger partial charge on any atom is 0.200 e. The van der Waals surface area contributed by atoms with Crippen molar-refractivity contribution in [2.24, 2.45) is 0 Å². The number of benzene rings is 2. The van der Waals surface area contributed by atoms with Gasteiger partial charge in [-0.05, 0) is 46.5 Å². The Hall–Kier alpha value is -2.10. The lowest BCUT2D eigenvalue weighted by Crippen LogP contribution is -2.48. The van der Waals surface area contributed by atoms with Gasteiger partial charge in [0.05, 0.1) is 6.61 Å². The van der Waals surface area contributed by atoms with E-state index >= 15 is 0 Å². The molecule has 2 aromatic carbocycles. The fraction of sp³-hybridized carbons (Fsp3) is 0.400. The minimum absolute atomic E-state index is 0.0206. The summed E-state index contributed by atoms with van der Waals surface area (Å²) in [5.74, 6) is 1.73.